The van der Waals surface area contributed by atoms with Gasteiger partial charge >= 0.3 is 0 Å². The van der Waals surface area contributed by atoms with Crippen LogP contribution in [-0.2, 0) is 4.74 Å². The summed E-state index contributed by atoms with van der Waals surface area (Å²) in [7, 11) is 2.17. The molecule has 2 atom stereocenters. The van der Waals surface area contributed by atoms with Crippen LogP contribution in [0.25, 0.3) is 0 Å². The topological polar surface area (TPSA) is 24.5 Å². The van der Waals surface area contributed by atoms with Crippen molar-refractivity contribution in [3.05, 3.63) is 35.4 Å². The summed E-state index contributed by atoms with van der Waals surface area (Å²) in [4.78, 5) is 2.36. The van der Waals surface area contributed by atoms with Crippen LogP contribution in [-0.4, -0.2) is 44.3 Å². The average Bonchev–Trinajstić information content (AvgIpc) is 2.45. The highest BCUT2D eigenvalue weighted by Gasteiger charge is 2.21. The van der Waals surface area contributed by atoms with Crippen LogP contribution in [0.3, 0.4) is 0 Å². The summed E-state index contributed by atoms with van der Waals surface area (Å²) in [6.45, 7) is 12.1. The van der Waals surface area contributed by atoms with Crippen LogP contribution in [0.5, 0.6) is 0 Å². The first-order valence-electron chi connectivity index (χ1n) is 7.68. The molecule has 3 nitrogen and oxygen atoms in total. The van der Waals surface area contributed by atoms with E-state index in [-0.39, 0.29) is 0 Å². The molecule has 1 aromatic rings. The van der Waals surface area contributed by atoms with E-state index < -0.39 is 0 Å². The molecule has 0 bridgehead atoms. The molecule has 20 heavy (non-hydrogen) atoms. The van der Waals surface area contributed by atoms with Gasteiger partial charge in [0.1, 0.15) is 0 Å². The van der Waals surface area contributed by atoms with E-state index in [1.54, 1.807) is 0 Å². The second kappa shape index (κ2) is 9.11. The minimum absolute atomic E-state index is 0.354. The van der Waals surface area contributed by atoms with E-state index >= 15 is 0 Å². The number of rotatable bonds is 9. The first-order chi connectivity index (χ1) is 9.60. The first-order valence-corrected chi connectivity index (χ1v) is 7.68. The molecule has 1 aromatic carbocycles. The van der Waals surface area contributed by atoms with Gasteiger partial charge in [-0.1, -0.05) is 36.8 Å². The van der Waals surface area contributed by atoms with Gasteiger partial charge in [-0.15, -0.1) is 0 Å². The highest BCUT2D eigenvalue weighted by Crippen LogP contribution is 2.20. The third kappa shape index (κ3) is 5.23. The van der Waals surface area contributed by atoms with Gasteiger partial charge in [-0.05, 0) is 39.9 Å². The molecule has 3 heteroatoms. The standard InChI is InChI=1S/C17H30N2O/c1-6-18-17(16-10-8-14(3)9-11-16)15(4)19(5)12-13-20-7-2/h8-11,15,17-18H,6-7,12-13H2,1-5H3. The number of hydrogen-bond donors (Lipinski definition) is 1. The summed E-state index contributed by atoms with van der Waals surface area (Å²) in [5.74, 6) is 0. The SMILES string of the molecule is CCNC(c1ccc(C)cc1)C(C)N(C)CCOCC. The van der Waals surface area contributed by atoms with E-state index in [2.05, 4.69) is 62.3 Å². The van der Waals surface area contributed by atoms with Crippen LogP contribution >= 0.6 is 0 Å². The van der Waals surface area contributed by atoms with E-state index in [1.807, 2.05) is 6.92 Å². The predicted molar refractivity (Wildman–Crippen MR) is 86.2 cm³/mol. The minimum Gasteiger partial charge on any atom is -0.380 e. The van der Waals surface area contributed by atoms with Crippen molar-refractivity contribution in [2.45, 2.75) is 39.8 Å². The van der Waals surface area contributed by atoms with Gasteiger partial charge < -0.3 is 10.1 Å². The van der Waals surface area contributed by atoms with Crippen LogP contribution in [0, 0.1) is 6.92 Å². The van der Waals surface area contributed by atoms with E-state index in [1.165, 1.54) is 11.1 Å². The molecule has 2 unspecified atom stereocenters. The van der Waals surface area contributed by atoms with Crippen molar-refractivity contribution in [1.29, 1.82) is 0 Å². The summed E-state index contributed by atoms with van der Waals surface area (Å²) in [5, 5.41) is 3.61. The van der Waals surface area contributed by atoms with Gasteiger partial charge in [0.05, 0.1) is 6.61 Å². The van der Waals surface area contributed by atoms with Crippen LogP contribution in [0.4, 0.5) is 0 Å². The smallest absolute Gasteiger partial charge is 0.0593 e. The molecule has 0 heterocycles. The summed E-state index contributed by atoms with van der Waals surface area (Å²) in [6.07, 6.45) is 0. The molecule has 0 aliphatic carbocycles. The van der Waals surface area contributed by atoms with Crippen molar-refractivity contribution < 1.29 is 4.74 Å². The van der Waals surface area contributed by atoms with Gasteiger partial charge in [0.25, 0.3) is 0 Å². The number of likely N-dealkylation sites (N-methyl/N-ethyl adjacent to an activating group) is 2. The number of benzene rings is 1. The monoisotopic (exact) mass is 278 g/mol. The summed E-state index contributed by atoms with van der Waals surface area (Å²) < 4.78 is 5.45. The quantitative estimate of drug-likeness (QED) is 0.703. The molecule has 0 spiro atoms. The number of nitrogens with zero attached hydrogens (tertiary/aromatic N) is 1. The lowest BCUT2D eigenvalue weighted by molar-refractivity contribution is 0.101. The molecule has 0 aliphatic rings. The van der Waals surface area contributed by atoms with Crippen molar-refractivity contribution >= 4 is 0 Å². The zero-order valence-electron chi connectivity index (χ0n) is 13.6. The number of hydrogen-bond acceptors (Lipinski definition) is 3. The molecule has 0 radical (unpaired) electrons. The van der Waals surface area contributed by atoms with Gasteiger partial charge in [-0.3, -0.25) is 4.90 Å². The van der Waals surface area contributed by atoms with E-state index in [0.29, 0.717) is 12.1 Å². The number of aryl methyl sites for hydroxylation is 1. The lowest BCUT2D eigenvalue weighted by Gasteiger charge is -2.33. The Morgan fingerprint density at radius 1 is 1.20 bits per heavy atom. The Balaban J connectivity index is 2.71. The fraction of sp³-hybridized carbons (Fsp3) is 0.647. The molecule has 0 aliphatic heterocycles. The normalized spacial score (nSPS) is 14.5. The highest BCUT2D eigenvalue weighted by molar-refractivity contribution is 5.25. The Labute approximate surface area is 124 Å². The van der Waals surface area contributed by atoms with Crippen LogP contribution in [0.2, 0.25) is 0 Å². The minimum atomic E-state index is 0.354. The van der Waals surface area contributed by atoms with Gasteiger partial charge in [-0.25, -0.2) is 0 Å². The van der Waals surface area contributed by atoms with E-state index in [0.717, 1.165) is 26.3 Å². The van der Waals surface area contributed by atoms with Crippen molar-refractivity contribution in [1.82, 2.24) is 10.2 Å². The van der Waals surface area contributed by atoms with Gasteiger partial charge in [0.2, 0.25) is 0 Å². The van der Waals surface area contributed by atoms with Crippen LogP contribution < -0.4 is 5.32 Å². The highest BCUT2D eigenvalue weighted by atomic mass is 16.5. The number of ether oxygens (including phenoxy) is 1. The zero-order chi connectivity index (χ0) is 15.0. The third-order valence-corrected chi connectivity index (χ3v) is 3.83. The van der Waals surface area contributed by atoms with Crippen LogP contribution in [0.15, 0.2) is 24.3 Å². The molecule has 0 saturated carbocycles. The Bertz CT molecular complexity index is 364. The maximum Gasteiger partial charge on any atom is 0.0593 e. The second-order valence-electron chi connectivity index (χ2n) is 5.36. The molecular weight excluding hydrogens is 248 g/mol. The largest absolute Gasteiger partial charge is 0.380 e. The molecular formula is C17H30N2O. The zero-order valence-corrected chi connectivity index (χ0v) is 13.6. The Morgan fingerprint density at radius 2 is 1.85 bits per heavy atom. The van der Waals surface area contributed by atoms with Crippen molar-refractivity contribution in [2.24, 2.45) is 0 Å². The molecule has 1 N–H and O–H groups in total. The summed E-state index contributed by atoms with van der Waals surface area (Å²) in [5.41, 5.74) is 2.66. The van der Waals surface area contributed by atoms with Gasteiger partial charge in [-0.2, -0.15) is 0 Å². The maximum atomic E-state index is 5.45. The second-order valence-corrected chi connectivity index (χ2v) is 5.36. The lowest BCUT2D eigenvalue weighted by atomic mass is 9.98. The molecule has 114 valence electrons. The van der Waals surface area contributed by atoms with Crippen LogP contribution in [0.1, 0.15) is 37.9 Å². The summed E-state index contributed by atoms with van der Waals surface area (Å²) >= 11 is 0. The predicted octanol–water partition coefficient (Wildman–Crippen LogP) is 3.00. The molecule has 1 rings (SSSR count). The Hall–Kier alpha value is -0.900. The summed E-state index contributed by atoms with van der Waals surface area (Å²) in [6, 6.07) is 9.62. The fourth-order valence-corrected chi connectivity index (χ4v) is 2.37. The number of nitrogens with one attached hydrogen (secondary N) is 1. The maximum absolute atomic E-state index is 5.45. The fourth-order valence-electron chi connectivity index (χ4n) is 2.37. The molecule has 0 amide bonds. The molecule has 0 fully saturated rings. The lowest BCUT2D eigenvalue weighted by Crippen LogP contribution is -2.42. The van der Waals surface area contributed by atoms with Gasteiger partial charge in [0.15, 0.2) is 0 Å². The molecule has 0 saturated heterocycles. The average molecular weight is 278 g/mol. The Kier molecular flexibility index (Phi) is 7.82. The first kappa shape index (κ1) is 17.2. The van der Waals surface area contributed by atoms with E-state index in [4.69, 9.17) is 4.74 Å². The van der Waals surface area contributed by atoms with Gasteiger partial charge in [0, 0.05) is 25.2 Å². The van der Waals surface area contributed by atoms with Crippen molar-refractivity contribution in [3.8, 4) is 0 Å². The Morgan fingerprint density at radius 3 is 2.40 bits per heavy atom. The third-order valence-electron chi connectivity index (χ3n) is 3.83. The van der Waals surface area contributed by atoms with E-state index in [9.17, 15) is 0 Å². The van der Waals surface area contributed by atoms with Crippen molar-refractivity contribution in [3.63, 3.8) is 0 Å². The van der Waals surface area contributed by atoms with Crippen molar-refractivity contribution in [2.75, 3.05) is 33.4 Å². The molecule has 0 aromatic heterocycles.